The van der Waals surface area contributed by atoms with E-state index in [-0.39, 0.29) is 17.4 Å². The number of ether oxygens (including phenoxy) is 1. The molecule has 0 saturated heterocycles. The van der Waals surface area contributed by atoms with Crippen LogP contribution in [0.4, 0.5) is 4.79 Å². The van der Waals surface area contributed by atoms with Crippen molar-refractivity contribution in [3.63, 3.8) is 0 Å². The van der Waals surface area contributed by atoms with Gasteiger partial charge in [0.05, 0.1) is 5.54 Å². The van der Waals surface area contributed by atoms with E-state index in [2.05, 4.69) is 38.7 Å². The summed E-state index contributed by atoms with van der Waals surface area (Å²) in [5, 5.41) is 6.12. The molecule has 0 spiro atoms. The molecule has 0 aliphatic heterocycles. The van der Waals surface area contributed by atoms with Gasteiger partial charge in [-0.3, -0.25) is 4.79 Å². The minimum Gasteiger partial charge on any atom is -0.444 e. The van der Waals surface area contributed by atoms with Crippen LogP contribution in [-0.4, -0.2) is 29.7 Å². The van der Waals surface area contributed by atoms with Gasteiger partial charge in [-0.1, -0.05) is 40.9 Å². The fourth-order valence-electron chi connectivity index (χ4n) is 3.90. The van der Waals surface area contributed by atoms with Crippen LogP contribution in [0, 0.1) is 5.92 Å². The fourth-order valence-corrected chi connectivity index (χ4v) is 4.31. The zero-order valence-corrected chi connectivity index (χ0v) is 17.9. The monoisotopic (exact) mass is 436 g/mol. The topological polar surface area (TPSA) is 67.4 Å². The average molecular weight is 437 g/mol. The molecular weight excluding hydrogens is 408 g/mol. The van der Waals surface area contributed by atoms with Crippen molar-refractivity contribution in [3.8, 4) is 0 Å². The highest BCUT2D eigenvalue weighted by molar-refractivity contribution is 9.10. The molecule has 1 aromatic rings. The van der Waals surface area contributed by atoms with Crippen molar-refractivity contribution in [1.82, 2.24) is 10.6 Å². The SMILES string of the molecule is CC(C)(C)OC(=O)NCC1(NC(=O)C2CC2c2cccc(Br)c2)CCCC1. The number of nitrogens with one attached hydrogen (secondary N) is 2. The summed E-state index contributed by atoms with van der Waals surface area (Å²) < 4.78 is 6.37. The highest BCUT2D eigenvalue weighted by atomic mass is 79.9. The third-order valence-corrected chi connectivity index (χ3v) is 5.82. The first-order valence-electron chi connectivity index (χ1n) is 9.72. The van der Waals surface area contributed by atoms with Gasteiger partial charge in [0.15, 0.2) is 0 Å². The molecule has 3 rings (SSSR count). The zero-order valence-electron chi connectivity index (χ0n) is 16.3. The lowest BCUT2D eigenvalue weighted by Gasteiger charge is -2.31. The van der Waals surface area contributed by atoms with Crippen molar-refractivity contribution in [1.29, 1.82) is 0 Å². The van der Waals surface area contributed by atoms with Crippen LogP contribution >= 0.6 is 15.9 Å². The molecule has 2 amide bonds. The lowest BCUT2D eigenvalue weighted by Crippen LogP contribution is -2.54. The summed E-state index contributed by atoms with van der Waals surface area (Å²) in [6.07, 6.45) is 4.37. The van der Waals surface area contributed by atoms with Crippen LogP contribution in [0.1, 0.15) is 64.4 Å². The number of alkyl carbamates (subject to hydrolysis) is 1. The third kappa shape index (κ3) is 5.47. The van der Waals surface area contributed by atoms with Gasteiger partial charge in [-0.2, -0.15) is 0 Å². The second-order valence-electron chi connectivity index (χ2n) is 8.84. The van der Waals surface area contributed by atoms with E-state index in [4.69, 9.17) is 4.74 Å². The number of rotatable bonds is 5. The molecule has 2 unspecified atom stereocenters. The molecule has 2 N–H and O–H groups in total. The number of carbonyl (C=O) groups excluding carboxylic acids is 2. The van der Waals surface area contributed by atoms with E-state index in [9.17, 15) is 9.59 Å². The molecule has 2 atom stereocenters. The second kappa shape index (κ2) is 7.82. The number of amides is 2. The van der Waals surface area contributed by atoms with E-state index in [1.807, 2.05) is 32.9 Å². The molecule has 2 fully saturated rings. The van der Waals surface area contributed by atoms with Gasteiger partial charge >= 0.3 is 6.09 Å². The molecule has 5 nitrogen and oxygen atoms in total. The quantitative estimate of drug-likeness (QED) is 0.713. The van der Waals surface area contributed by atoms with Crippen LogP contribution in [0.5, 0.6) is 0 Å². The standard InChI is InChI=1S/C21H29BrN2O3/c1-20(2,3)27-19(26)23-13-21(9-4-5-10-21)24-18(25)17-12-16(17)14-7-6-8-15(22)11-14/h6-8,11,16-17H,4-5,9-10,12-13H2,1-3H3,(H,23,26)(H,24,25). The molecule has 0 heterocycles. The zero-order chi connectivity index (χ0) is 19.7. The van der Waals surface area contributed by atoms with Gasteiger partial charge < -0.3 is 15.4 Å². The van der Waals surface area contributed by atoms with E-state index in [0.717, 1.165) is 36.6 Å². The Morgan fingerprint density at radius 2 is 1.96 bits per heavy atom. The van der Waals surface area contributed by atoms with Crippen LogP contribution in [0.25, 0.3) is 0 Å². The van der Waals surface area contributed by atoms with E-state index in [1.165, 1.54) is 5.56 Å². The Kier molecular flexibility index (Phi) is 5.84. The van der Waals surface area contributed by atoms with Gasteiger partial charge in [0.1, 0.15) is 5.60 Å². The molecule has 0 radical (unpaired) electrons. The van der Waals surface area contributed by atoms with E-state index in [0.29, 0.717) is 12.5 Å². The van der Waals surface area contributed by atoms with E-state index < -0.39 is 11.7 Å². The lowest BCUT2D eigenvalue weighted by atomic mass is 9.96. The Balaban J connectivity index is 1.56. The first kappa shape index (κ1) is 20.2. The molecule has 2 aliphatic carbocycles. The molecule has 0 bridgehead atoms. The number of hydrogen-bond acceptors (Lipinski definition) is 3. The second-order valence-corrected chi connectivity index (χ2v) is 9.75. The summed E-state index contributed by atoms with van der Waals surface area (Å²) in [6, 6.07) is 8.18. The van der Waals surface area contributed by atoms with Crippen molar-refractivity contribution >= 4 is 27.9 Å². The van der Waals surface area contributed by atoms with Crippen molar-refractivity contribution in [2.75, 3.05) is 6.54 Å². The maximum atomic E-state index is 12.8. The Labute approximate surface area is 169 Å². The fraction of sp³-hybridized carbons (Fsp3) is 0.619. The van der Waals surface area contributed by atoms with Gasteiger partial charge in [0.25, 0.3) is 0 Å². The molecule has 1 aromatic carbocycles. The Morgan fingerprint density at radius 1 is 1.26 bits per heavy atom. The molecule has 0 aromatic heterocycles. The van der Waals surface area contributed by atoms with Crippen molar-refractivity contribution in [2.45, 2.75) is 69.9 Å². The first-order chi connectivity index (χ1) is 12.7. The number of carbonyl (C=O) groups is 2. The lowest BCUT2D eigenvalue weighted by molar-refractivity contribution is -0.124. The third-order valence-electron chi connectivity index (χ3n) is 5.32. The van der Waals surface area contributed by atoms with Crippen LogP contribution in [0.3, 0.4) is 0 Å². The Bertz CT molecular complexity index is 708. The van der Waals surface area contributed by atoms with Crippen LogP contribution < -0.4 is 10.6 Å². The Morgan fingerprint density at radius 3 is 2.59 bits per heavy atom. The Hall–Kier alpha value is -1.56. The van der Waals surface area contributed by atoms with Crippen molar-refractivity contribution in [2.24, 2.45) is 5.92 Å². The molecule has 148 valence electrons. The minimum atomic E-state index is -0.526. The molecule has 2 aliphatic rings. The number of benzene rings is 1. The van der Waals surface area contributed by atoms with Gasteiger partial charge in [-0.25, -0.2) is 4.79 Å². The molecular formula is C21H29BrN2O3. The molecule has 6 heteroatoms. The first-order valence-corrected chi connectivity index (χ1v) is 10.5. The predicted octanol–water partition coefficient (Wildman–Crippen LogP) is 4.51. The molecule has 2 saturated carbocycles. The van der Waals surface area contributed by atoms with Crippen LogP contribution in [0.2, 0.25) is 0 Å². The highest BCUT2D eigenvalue weighted by Crippen LogP contribution is 2.48. The summed E-state index contributed by atoms with van der Waals surface area (Å²) in [4.78, 5) is 24.8. The maximum absolute atomic E-state index is 12.8. The van der Waals surface area contributed by atoms with Gasteiger partial charge in [0, 0.05) is 16.9 Å². The summed E-state index contributed by atoms with van der Waals surface area (Å²) >= 11 is 3.50. The largest absolute Gasteiger partial charge is 0.444 e. The van der Waals surface area contributed by atoms with Crippen LogP contribution in [0.15, 0.2) is 28.7 Å². The minimum absolute atomic E-state index is 0.0262. The smallest absolute Gasteiger partial charge is 0.407 e. The van der Waals surface area contributed by atoms with Crippen molar-refractivity contribution in [3.05, 3.63) is 34.3 Å². The summed E-state index contributed by atoms with van der Waals surface area (Å²) in [5.41, 5.74) is 0.330. The van der Waals surface area contributed by atoms with E-state index in [1.54, 1.807) is 0 Å². The maximum Gasteiger partial charge on any atom is 0.407 e. The van der Waals surface area contributed by atoms with E-state index >= 15 is 0 Å². The van der Waals surface area contributed by atoms with Crippen LogP contribution in [-0.2, 0) is 9.53 Å². The highest BCUT2D eigenvalue weighted by Gasteiger charge is 2.47. The summed E-state index contributed by atoms with van der Waals surface area (Å²) in [7, 11) is 0. The summed E-state index contributed by atoms with van der Waals surface area (Å²) in [5.74, 6) is 0.422. The number of halogens is 1. The van der Waals surface area contributed by atoms with Gasteiger partial charge in [-0.15, -0.1) is 0 Å². The van der Waals surface area contributed by atoms with Gasteiger partial charge in [0.2, 0.25) is 5.91 Å². The molecule has 27 heavy (non-hydrogen) atoms. The predicted molar refractivity (Wildman–Crippen MR) is 109 cm³/mol. The number of hydrogen-bond donors (Lipinski definition) is 2. The van der Waals surface area contributed by atoms with Gasteiger partial charge in [-0.05, 0) is 63.6 Å². The van der Waals surface area contributed by atoms with Crippen molar-refractivity contribution < 1.29 is 14.3 Å². The average Bonchev–Trinajstić information content (AvgIpc) is 3.25. The summed E-state index contributed by atoms with van der Waals surface area (Å²) in [6.45, 7) is 5.94. The normalized spacial score (nSPS) is 23.6.